The molecule has 0 aliphatic carbocycles. The van der Waals surface area contributed by atoms with E-state index in [0.717, 1.165) is 5.56 Å². The van der Waals surface area contributed by atoms with Gasteiger partial charge in [-0.05, 0) is 25.1 Å². The number of hydrogen-bond donors (Lipinski definition) is 1. The van der Waals surface area contributed by atoms with Crippen LogP contribution in [0.4, 0.5) is 5.69 Å². The van der Waals surface area contributed by atoms with Crippen molar-refractivity contribution in [1.82, 2.24) is 0 Å². The van der Waals surface area contributed by atoms with E-state index >= 15 is 0 Å². The molecular weight excluding hydrogens is 216 g/mol. The monoisotopic (exact) mass is 230 g/mol. The highest BCUT2D eigenvalue weighted by molar-refractivity contribution is 6.03. The Bertz CT molecular complexity index is 492. The Kier molecular flexibility index (Phi) is 3.23. The molecule has 0 fully saturated rings. The minimum Gasteiger partial charge on any atom is -0.476 e. The van der Waals surface area contributed by atoms with Crippen LogP contribution in [0.25, 0.3) is 0 Å². The smallest absolute Gasteiger partial charge is 0.250 e. The van der Waals surface area contributed by atoms with E-state index in [4.69, 9.17) is 4.74 Å². The summed E-state index contributed by atoms with van der Waals surface area (Å²) in [5.41, 5.74) is 2.07. The SMILES string of the molecule is C=C(C)C(=O)Nc1cccc(C2=NCCO2)c1. The highest BCUT2D eigenvalue weighted by Crippen LogP contribution is 2.14. The summed E-state index contributed by atoms with van der Waals surface area (Å²) in [7, 11) is 0. The summed E-state index contributed by atoms with van der Waals surface area (Å²) in [6, 6.07) is 7.42. The van der Waals surface area contributed by atoms with Crippen molar-refractivity contribution in [3.63, 3.8) is 0 Å². The van der Waals surface area contributed by atoms with E-state index in [9.17, 15) is 4.79 Å². The van der Waals surface area contributed by atoms with Crippen molar-refractivity contribution in [3.05, 3.63) is 42.0 Å². The molecule has 1 N–H and O–H groups in total. The molecule has 0 saturated heterocycles. The largest absolute Gasteiger partial charge is 0.476 e. The second kappa shape index (κ2) is 4.82. The molecule has 1 amide bonds. The molecule has 0 aromatic heterocycles. The zero-order chi connectivity index (χ0) is 12.3. The maximum atomic E-state index is 11.5. The number of rotatable bonds is 3. The Labute approximate surface area is 100 Å². The number of nitrogens with one attached hydrogen (secondary N) is 1. The molecule has 88 valence electrons. The fourth-order valence-electron chi connectivity index (χ4n) is 1.48. The molecular formula is C13H14N2O2. The van der Waals surface area contributed by atoms with E-state index in [1.807, 2.05) is 24.3 Å². The fraction of sp³-hybridized carbons (Fsp3) is 0.231. The number of ether oxygens (including phenoxy) is 1. The molecule has 1 aromatic rings. The van der Waals surface area contributed by atoms with Crippen LogP contribution in [0.3, 0.4) is 0 Å². The maximum absolute atomic E-state index is 11.5. The van der Waals surface area contributed by atoms with Crippen molar-refractivity contribution in [3.8, 4) is 0 Å². The molecule has 2 rings (SSSR count). The summed E-state index contributed by atoms with van der Waals surface area (Å²) in [4.78, 5) is 15.7. The normalized spacial score (nSPS) is 13.8. The Hall–Kier alpha value is -2.10. The minimum atomic E-state index is -0.184. The Morgan fingerprint density at radius 1 is 1.53 bits per heavy atom. The molecule has 0 unspecified atom stereocenters. The van der Waals surface area contributed by atoms with Gasteiger partial charge in [-0.15, -0.1) is 0 Å². The molecule has 0 atom stereocenters. The first kappa shape index (κ1) is 11.4. The van der Waals surface area contributed by atoms with Gasteiger partial charge in [-0.3, -0.25) is 4.79 Å². The summed E-state index contributed by atoms with van der Waals surface area (Å²) >= 11 is 0. The van der Waals surface area contributed by atoms with Crippen LogP contribution in [0, 0.1) is 0 Å². The third kappa shape index (κ3) is 2.72. The van der Waals surface area contributed by atoms with Crippen molar-refractivity contribution in [2.45, 2.75) is 6.92 Å². The van der Waals surface area contributed by atoms with Crippen LogP contribution in [0.15, 0.2) is 41.4 Å². The molecule has 17 heavy (non-hydrogen) atoms. The first-order valence-corrected chi connectivity index (χ1v) is 5.41. The lowest BCUT2D eigenvalue weighted by Crippen LogP contribution is -2.12. The lowest BCUT2D eigenvalue weighted by atomic mass is 10.2. The van der Waals surface area contributed by atoms with Crippen molar-refractivity contribution >= 4 is 17.5 Å². The van der Waals surface area contributed by atoms with Crippen molar-refractivity contribution < 1.29 is 9.53 Å². The van der Waals surface area contributed by atoms with E-state index in [-0.39, 0.29) is 5.91 Å². The van der Waals surface area contributed by atoms with Gasteiger partial charge in [0.2, 0.25) is 5.90 Å². The first-order valence-electron chi connectivity index (χ1n) is 5.41. The highest BCUT2D eigenvalue weighted by Gasteiger charge is 2.11. The van der Waals surface area contributed by atoms with Crippen LogP contribution in [0.1, 0.15) is 12.5 Å². The number of anilines is 1. The van der Waals surface area contributed by atoms with Gasteiger partial charge in [-0.25, -0.2) is 4.99 Å². The summed E-state index contributed by atoms with van der Waals surface area (Å²) in [5.74, 6) is 0.452. The average molecular weight is 230 g/mol. The predicted octanol–water partition coefficient (Wildman–Crippen LogP) is 1.98. The fourth-order valence-corrected chi connectivity index (χ4v) is 1.48. The number of hydrogen-bond acceptors (Lipinski definition) is 3. The van der Waals surface area contributed by atoms with E-state index in [1.165, 1.54) is 0 Å². The summed E-state index contributed by atoms with van der Waals surface area (Å²) < 4.78 is 5.37. The molecule has 0 bridgehead atoms. The van der Waals surface area contributed by atoms with Crippen LogP contribution in [0.5, 0.6) is 0 Å². The quantitative estimate of drug-likeness (QED) is 0.807. The lowest BCUT2D eigenvalue weighted by Gasteiger charge is -2.07. The lowest BCUT2D eigenvalue weighted by molar-refractivity contribution is -0.112. The summed E-state index contributed by atoms with van der Waals surface area (Å²) in [6.07, 6.45) is 0. The standard InChI is InChI=1S/C13H14N2O2/c1-9(2)12(16)15-11-5-3-4-10(8-11)13-14-6-7-17-13/h3-5,8H,1,6-7H2,2H3,(H,15,16). The van der Waals surface area contributed by atoms with Gasteiger partial charge >= 0.3 is 0 Å². The van der Waals surface area contributed by atoms with Gasteiger partial charge in [0.05, 0.1) is 6.54 Å². The van der Waals surface area contributed by atoms with Gasteiger partial charge in [0, 0.05) is 16.8 Å². The molecule has 1 heterocycles. The number of aliphatic imine (C=N–C) groups is 1. The van der Waals surface area contributed by atoms with Crippen LogP contribution in [-0.4, -0.2) is 25.0 Å². The van der Waals surface area contributed by atoms with Crippen molar-refractivity contribution in [1.29, 1.82) is 0 Å². The number of amides is 1. The summed E-state index contributed by atoms with van der Waals surface area (Å²) in [6.45, 7) is 6.58. The summed E-state index contributed by atoms with van der Waals surface area (Å²) in [5, 5.41) is 2.76. The highest BCUT2D eigenvalue weighted by atomic mass is 16.5. The Balaban J connectivity index is 2.17. The first-order chi connectivity index (χ1) is 8.16. The van der Waals surface area contributed by atoms with Crippen LogP contribution in [-0.2, 0) is 9.53 Å². The van der Waals surface area contributed by atoms with Gasteiger partial charge in [-0.1, -0.05) is 12.6 Å². The third-order valence-electron chi connectivity index (χ3n) is 2.34. The number of carbonyl (C=O) groups excluding carboxylic acids is 1. The van der Waals surface area contributed by atoms with Crippen molar-refractivity contribution in [2.75, 3.05) is 18.5 Å². The Morgan fingerprint density at radius 2 is 2.35 bits per heavy atom. The van der Waals surface area contributed by atoms with E-state index in [0.29, 0.717) is 30.3 Å². The molecule has 4 nitrogen and oxygen atoms in total. The average Bonchev–Trinajstić information content (AvgIpc) is 2.82. The zero-order valence-electron chi connectivity index (χ0n) is 9.69. The molecule has 0 saturated carbocycles. The second-order valence-electron chi connectivity index (χ2n) is 3.85. The van der Waals surface area contributed by atoms with E-state index < -0.39 is 0 Å². The molecule has 1 aliphatic heterocycles. The van der Waals surface area contributed by atoms with Crippen LogP contribution < -0.4 is 5.32 Å². The van der Waals surface area contributed by atoms with Gasteiger partial charge in [0.25, 0.3) is 5.91 Å². The zero-order valence-corrected chi connectivity index (χ0v) is 9.69. The number of nitrogens with zero attached hydrogens (tertiary/aromatic N) is 1. The van der Waals surface area contributed by atoms with Gasteiger partial charge in [0.1, 0.15) is 6.61 Å². The van der Waals surface area contributed by atoms with Gasteiger partial charge < -0.3 is 10.1 Å². The van der Waals surface area contributed by atoms with E-state index in [2.05, 4.69) is 16.9 Å². The minimum absolute atomic E-state index is 0.184. The molecule has 0 spiro atoms. The molecule has 1 aromatic carbocycles. The van der Waals surface area contributed by atoms with E-state index in [1.54, 1.807) is 6.92 Å². The van der Waals surface area contributed by atoms with Crippen molar-refractivity contribution in [2.24, 2.45) is 4.99 Å². The molecule has 1 aliphatic rings. The molecule has 0 radical (unpaired) electrons. The van der Waals surface area contributed by atoms with Gasteiger partial charge in [0.15, 0.2) is 0 Å². The topological polar surface area (TPSA) is 50.7 Å². The predicted molar refractivity (Wildman–Crippen MR) is 67.2 cm³/mol. The third-order valence-corrected chi connectivity index (χ3v) is 2.34. The number of carbonyl (C=O) groups is 1. The maximum Gasteiger partial charge on any atom is 0.250 e. The van der Waals surface area contributed by atoms with Crippen LogP contribution >= 0.6 is 0 Å². The molecule has 4 heteroatoms. The second-order valence-corrected chi connectivity index (χ2v) is 3.85. The van der Waals surface area contributed by atoms with Gasteiger partial charge in [-0.2, -0.15) is 0 Å². The van der Waals surface area contributed by atoms with Crippen LogP contribution in [0.2, 0.25) is 0 Å². The number of benzene rings is 1. The Morgan fingerprint density at radius 3 is 3.00 bits per heavy atom.